The van der Waals surface area contributed by atoms with E-state index >= 15 is 0 Å². The quantitative estimate of drug-likeness (QED) is 0.510. The fourth-order valence-corrected chi connectivity index (χ4v) is 3.67. The van der Waals surface area contributed by atoms with Crippen LogP contribution in [0.3, 0.4) is 0 Å². The number of morpholine rings is 1. The summed E-state index contributed by atoms with van der Waals surface area (Å²) >= 11 is 0. The van der Waals surface area contributed by atoms with Crippen molar-refractivity contribution in [1.29, 1.82) is 0 Å². The highest BCUT2D eigenvalue weighted by molar-refractivity contribution is 7.89. The van der Waals surface area contributed by atoms with Gasteiger partial charge < -0.3 is 14.4 Å². The first-order valence-electron chi connectivity index (χ1n) is 8.38. The molecule has 0 radical (unpaired) electrons. The van der Waals surface area contributed by atoms with Gasteiger partial charge in [-0.25, -0.2) is 13.2 Å². The van der Waals surface area contributed by atoms with Crippen molar-refractivity contribution in [2.75, 3.05) is 33.9 Å². The molecule has 1 aromatic rings. The maximum Gasteiger partial charge on any atom is 0.338 e. The molecule has 1 aliphatic heterocycles. The van der Waals surface area contributed by atoms with Gasteiger partial charge in [-0.2, -0.15) is 0 Å². The molecule has 27 heavy (non-hydrogen) atoms. The summed E-state index contributed by atoms with van der Waals surface area (Å²) in [7, 11) is -1.30. The molecule has 0 bridgehead atoms. The van der Waals surface area contributed by atoms with Crippen LogP contribution >= 0.6 is 0 Å². The zero-order valence-corrected chi connectivity index (χ0v) is 16.6. The van der Waals surface area contributed by atoms with Gasteiger partial charge >= 0.3 is 5.97 Å². The summed E-state index contributed by atoms with van der Waals surface area (Å²) in [6.45, 7) is 4.25. The molecule has 150 valence electrons. The number of hydroxylamine groups is 1. The Morgan fingerprint density at radius 1 is 1.19 bits per heavy atom. The molecule has 0 saturated carbocycles. The van der Waals surface area contributed by atoms with Crippen LogP contribution in [0.1, 0.15) is 24.2 Å². The Hall–Kier alpha value is -2.01. The number of carbonyl (C=O) groups is 2. The van der Waals surface area contributed by atoms with Crippen LogP contribution < -0.4 is 0 Å². The Morgan fingerprint density at radius 3 is 2.26 bits per heavy atom. The minimum Gasteiger partial charge on any atom is -0.452 e. The number of esters is 1. The van der Waals surface area contributed by atoms with Crippen molar-refractivity contribution in [3.8, 4) is 0 Å². The number of hydrogen-bond acceptors (Lipinski definition) is 7. The lowest BCUT2D eigenvalue weighted by molar-refractivity contribution is -0.146. The fourth-order valence-electron chi connectivity index (χ4n) is 2.69. The van der Waals surface area contributed by atoms with Gasteiger partial charge in [0.2, 0.25) is 0 Å². The highest BCUT2D eigenvalue weighted by atomic mass is 32.2. The molecule has 1 aromatic carbocycles. The van der Waals surface area contributed by atoms with Gasteiger partial charge in [0.15, 0.2) is 6.61 Å². The first-order chi connectivity index (χ1) is 12.6. The third-order valence-corrected chi connectivity index (χ3v) is 5.78. The Balaban J connectivity index is 1.95. The predicted molar refractivity (Wildman–Crippen MR) is 95.3 cm³/mol. The second-order valence-corrected chi connectivity index (χ2v) is 8.19. The predicted octanol–water partition coefficient (Wildman–Crippen LogP) is 0.661. The van der Waals surface area contributed by atoms with E-state index in [2.05, 4.69) is 4.84 Å². The normalized spacial score (nSPS) is 20.6. The lowest BCUT2D eigenvalue weighted by atomic mass is 10.2. The molecule has 2 atom stereocenters. The second-order valence-electron chi connectivity index (χ2n) is 6.25. The van der Waals surface area contributed by atoms with Crippen LogP contribution in [0.4, 0.5) is 0 Å². The van der Waals surface area contributed by atoms with E-state index in [1.165, 1.54) is 38.4 Å². The average Bonchev–Trinajstić information content (AvgIpc) is 2.64. The van der Waals surface area contributed by atoms with Crippen molar-refractivity contribution in [3.05, 3.63) is 29.8 Å². The van der Waals surface area contributed by atoms with Crippen LogP contribution in [0.5, 0.6) is 0 Å². The maximum absolute atomic E-state index is 12.2. The Morgan fingerprint density at radius 2 is 1.74 bits per heavy atom. The molecule has 0 aliphatic carbocycles. The van der Waals surface area contributed by atoms with Crippen molar-refractivity contribution in [1.82, 2.24) is 9.37 Å². The van der Waals surface area contributed by atoms with Crippen molar-refractivity contribution in [2.24, 2.45) is 0 Å². The van der Waals surface area contributed by atoms with Crippen molar-refractivity contribution >= 4 is 21.9 Å². The van der Waals surface area contributed by atoms with E-state index in [0.29, 0.717) is 17.6 Å². The molecule has 2 rings (SSSR count). The Bertz CT molecular complexity index is 769. The number of sulfonamides is 1. The zero-order valence-electron chi connectivity index (χ0n) is 15.7. The van der Waals surface area contributed by atoms with Gasteiger partial charge in [0.25, 0.3) is 15.9 Å². The van der Waals surface area contributed by atoms with E-state index in [4.69, 9.17) is 9.47 Å². The summed E-state index contributed by atoms with van der Waals surface area (Å²) in [6, 6.07) is 5.19. The molecular weight excluding hydrogens is 376 g/mol. The highest BCUT2D eigenvalue weighted by Crippen LogP contribution is 2.16. The minimum atomic E-state index is -3.80. The smallest absolute Gasteiger partial charge is 0.338 e. The van der Waals surface area contributed by atoms with Gasteiger partial charge in [0.1, 0.15) is 0 Å². The van der Waals surface area contributed by atoms with Crippen LogP contribution in [0.15, 0.2) is 29.2 Å². The topological polar surface area (TPSA) is 102 Å². The average molecular weight is 400 g/mol. The highest BCUT2D eigenvalue weighted by Gasteiger charge is 2.26. The van der Waals surface area contributed by atoms with Crippen LogP contribution in [0.2, 0.25) is 0 Å². The van der Waals surface area contributed by atoms with Gasteiger partial charge in [-0.3, -0.25) is 9.63 Å². The number of benzene rings is 1. The monoisotopic (exact) mass is 400 g/mol. The van der Waals surface area contributed by atoms with Crippen molar-refractivity contribution in [2.45, 2.75) is 31.0 Å². The third-order valence-electron chi connectivity index (χ3n) is 4.08. The van der Waals surface area contributed by atoms with E-state index in [0.717, 1.165) is 0 Å². The molecule has 0 N–H and O–H groups in total. The molecule has 1 amide bonds. The SMILES string of the molecule is CON(C)S(=O)(=O)c1ccc(C(=O)OCC(=O)N2C[C@@H](C)O[C@@H](C)C2)cc1. The first-order valence-corrected chi connectivity index (χ1v) is 9.82. The minimum absolute atomic E-state index is 0.0317. The van der Waals surface area contributed by atoms with Gasteiger partial charge in [0.05, 0.1) is 29.8 Å². The Labute approximate surface area is 158 Å². The maximum atomic E-state index is 12.2. The first kappa shape index (κ1) is 21.3. The molecule has 0 unspecified atom stereocenters. The summed E-state index contributed by atoms with van der Waals surface area (Å²) in [6.07, 6.45) is -0.152. The molecule has 0 spiro atoms. The van der Waals surface area contributed by atoms with E-state index in [-0.39, 0.29) is 35.2 Å². The summed E-state index contributed by atoms with van der Waals surface area (Å²) in [4.78, 5) is 30.6. The van der Waals surface area contributed by atoms with E-state index in [1.54, 1.807) is 4.90 Å². The molecule has 1 fully saturated rings. The summed E-state index contributed by atoms with van der Waals surface area (Å²) < 4.78 is 35.5. The van der Waals surface area contributed by atoms with Gasteiger partial charge in [-0.15, -0.1) is 0 Å². The van der Waals surface area contributed by atoms with E-state index < -0.39 is 16.0 Å². The van der Waals surface area contributed by atoms with Crippen molar-refractivity contribution in [3.63, 3.8) is 0 Å². The summed E-state index contributed by atoms with van der Waals surface area (Å²) in [5.74, 6) is -1.01. The molecule has 1 heterocycles. The lowest BCUT2D eigenvalue weighted by Gasteiger charge is -2.35. The number of rotatable bonds is 6. The largest absolute Gasteiger partial charge is 0.452 e. The van der Waals surface area contributed by atoms with Crippen LogP contribution in [0.25, 0.3) is 0 Å². The molecule has 1 aliphatic rings. The molecule has 10 heteroatoms. The third kappa shape index (κ3) is 5.25. The van der Waals surface area contributed by atoms with Gasteiger partial charge in [-0.1, -0.05) is 4.47 Å². The van der Waals surface area contributed by atoms with Crippen molar-refractivity contribution < 1.29 is 32.3 Å². The number of hydrogen-bond donors (Lipinski definition) is 0. The molecule has 9 nitrogen and oxygen atoms in total. The zero-order chi connectivity index (χ0) is 20.2. The standard InChI is InChI=1S/C17H24N2O7S/c1-12-9-19(10-13(2)26-12)16(20)11-25-17(21)14-5-7-15(8-6-14)27(22,23)18(3)24-4/h5-8,12-13H,9-11H2,1-4H3/t12-,13+. The number of ether oxygens (including phenoxy) is 2. The van der Waals surface area contributed by atoms with E-state index in [1.807, 2.05) is 13.8 Å². The Kier molecular flexibility index (Phi) is 6.93. The number of carbonyl (C=O) groups excluding carboxylic acids is 2. The van der Waals surface area contributed by atoms with Gasteiger partial charge in [-0.05, 0) is 38.1 Å². The van der Waals surface area contributed by atoms with Gasteiger partial charge in [0, 0.05) is 20.1 Å². The van der Waals surface area contributed by atoms with Crippen LogP contribution in [-0.2, 0) is 29.1 Å². The summed E-state index contributed by atoms with van der Waals surface area (Å²) in [5, 5.41) is 0. The number of nitrogens with zero attached hydrogens (tertiary/aromatic N) is 2. The summed E-state index contributed by atoms with van der Waals surface area (Å²) in [5.41, 5.74) is 0.144. The molecule has 0 aromatic heterocycles. The second kappa shape index (κ2) is 8.79. The lowest BCUT2D eigenvalue weighted by Crippen LogP contribution is -2.49. The van der Waals surface area contributed by atoms with E-state index in [9.17, 15) is 18.0 Å². The van der Waals surface area contributed by atoms with Crippen LogP contribution in [-0.4, -0.2) is 75.7 Å². The molecular formula is C17H24N2O7S. The van der Waals surface area contributed by atoms with Crippen LogP contribution in [0, 0.1) is 0 Å². The molecule has 1 saturated heterocycles. The fraction of sp³-hybridized carbons (Fsp3) is 0.529. The number of amides is 1.